The van der Waals surface area contributed by atoms with Gasteiger partial charge < -0.3 is 29.6 Å². The van der Waals surface area contributed by atoms with E-state index in [0.717, 1.165) is 40.4 Å². The normalized spacial score (nSPS) is 13.3. The third-order valence-corrected chi connectivity index (χ3v) is 7.10. The van der Waals surface area contributed by atoms with Crippen LogP contribution in [0.15, 0.2) is 35.3 Å². The van der Waals surface area contributed by atoms with E-state index in [2.05, 4.69) is 43.2 Å². The molecule has 0 bridgehead atoms. The zero-order valence-electron chi connectivity index (χ0n) is 20.8. The molecule has 1 fully saturated rings. The number of nitrogens with zero attached hydrogens (tertiary/aromatic N) is 4. The minimum Gasteiger partial charge on any atom is -0.478 e. The van der Waals surface area contributed by atoms with E-state index in [9.17, 15) is 9.59 Å². The van der Waals surface area contributed by atoms with Gasteiger partial charge in [0, 0.05) is 44.2 Å². The third kappa shape index (κ3) is 6.82. The van der Waals surface area contributed by atoms with Crippen molar-refractivity contribution in [1.82, 2.24) is 19.9 Å². The Kier molecular flexibility index (Phi) is 9.43. The first-order valence-corrected chi connectivity index (χ1v) is 14.0. The van der Waals surface area contributed by atoms with E-state index >= 15 is 0 Å². The van der Waals surface area contributed by atoms with Gasteiger partial charge in [-0.3, -0.25) is 9.59 Å². The lowest BCUT2D eigenvalue weighted by atomic mass is 10.1. The van der Waals surface area contributed by atoms with Crippen LogP contribution in [-0.4, -0.2) is 65.3 Å². The standard InChI is InChI=1S/C25H30ClIN6O4/c1-28-22(34)15-37-21-10-17-9-18(5-6-20(17)33(24(21)35)12-16-13-36-14-16)30-23-19(26)11-29-25(31-23)32(2)8-4-3-7-27/h5-6,9-11,16H,3-4,7-8,12-15H2,1-2H3,(H,28,34)(H,29,30,31). The van der Waals surface area contributed by atoms with Gasteiger partial charge >= 0.3 is 0 Å². The predicted octanol–water partition coefficient (Wildman–Crippen LogP) is 3.61. The van der Waals surface area contributed by atoms with Crippen molar-refractivity contribution in [2.24, 2.45) is 5.92 Å². The molecule has 37 heavy (non-hydrogen) atoms. The quantitative estimate of drug-likeness (QED) is 0.176. The van der Waals surface area contributed by atoms with E-state index in [4.69, 9.17) is 21.1 Å². The van der Waals surface area contributed by atoms with Crippen molar-refractivity contribution in [2.75, 3.05) is 55.1 Å². The fraction of sp³-hybridized carbons (Fsp3) is 0.440. The Hall–Kier alpha value is -2.64. The van der Waals surface area contributed by atoms with Crippen molar-refractivity contribution >= 4 is 68.5 Å². The number of fused-ring (bicyclic) bond motifs is 1. The molecule has 3 heterocycles. The fourth-order valence-corrected chi connectivity index (χ4v) is 4.57. The Bertz CT molecular complexity index is 1320. The lowest BCUT2D eigenvalue weighted by Crippen LogP contribution is -2.36. The van der Waals surface area contributed by atoms with Crippen molar-refractivity contribution in [3.8, 4) is 5.75 Å². The fourth-order valence-electron chi connectivity index (χ4n) is 3.90. The Morgan fingerprint density at radius 2 is 2.14 bits per heavy atom. The number of rotatable bonds is 12. The second-order valence-electron chi connectivity index (χ2n) is 8.87. The molecule has 2 N–H and O–H groups in total. The highest BCUT2D eigenvalue weighted by atomic mass is 127. The summed E-state index contributed by atoms with van der Waals surface area (Å²) in [6.45, 7) is 2.33. The molecular formula is C25H30ClIN6O4. The van der Waals surface area contributed by atoms with Gasteiger partial charge in [-0.2, -0.15) is 4.98 Å². The summed E-state index contributed by atoms with van der Waals surface area (Å²) in [4.78, 5) is 35.9. The van der Waals surface area contributed by atoms with Gasteiger partial charge in [0.05, 0.1) is 24.9 Å². The van der Waals surface area contributed by atoms with E-state index in [-0.39, 0.29) is 29.7 Å². The molecule has 4 rings (SSSR count). The van der Waals surface area contributed by atoms with E-state index in [1.165, 1.54) is 7.05 Å². The minimum atomic E-state index is -0.317. The van der Waals surface area contributed by atoms with Gasteiger partial charge in [-0.25, -0.2) is 4.98 Å². The number of nitrogens with one attached hydrogen (secondary N) is 2. The summed E-state index contributed by atoms with van der Waals surface area (Å²) in [6.07, 6.45) is 3.78. The average Bonchev–Trinajstić information content (AvgIpc) is 2.87. The molecule has 1 aliphatic heterocycles. The Morgan fingerprint density at radius 1 is 1.32 bits per heavy atom. The molecule has 0 atom stereocenters. The van der Waals surface area contributed by atoms with Gasteiger partial charge in [0.2, 0.25) is 5.95 Å². The molecular weight excluding hydrogens is 611 g/mol. The van der Waals surface area contributed by atoms with Crippen LogP contribution >= 0.6 is 34.2 Å². The lowest BCUT2D eigenvalue weighted by Gasteiger charge is -2.27. The summed E-state index contributed by atoms with van der Waals surface area (Å²) in [5, 5.41) is 6.95. The number of alkyl halides is 1. The molecule has 1 amide bonds. The zero-order valence-corrected chi connectivity index (χ0v) is 23.7. The van der Waals surface area contributed by atoms with E-state index in [0.29, 0.717) is 36.5 Å². The van der Waals surface area contributed by atoms with Crippen LogP contribution in [0.25, 0.3) is 10.9 Å². The van der Waals surface area contributed by atoms with Crippen LogP contribution in [0.3, 0.4) is 0 Å². The molecule has 0 unspecified atom stereocenters. The predicted molar refractivity (Wildman–Crippen MR) is 154 cm³/mol. The van der Waals surface area contributed by atoms with Gasteiger partial charge in [-0.05, 0) is 41.5 Å². The van der Waals surface area contributed by atoms with Gasteiger partial charge in [-0.1, -0.05) is 34.2 Å². The number of hydrogen-bond donors (Lipinski definition) is 2. The van der Waals surface area contributed by atoms with Crippen molar-refractivity contribution < 1.29 is 14.3 Å². The molecule has 1 saturated heterocycles. The van der Waals surface area contributed by atoms with Crippen LogP contribution in [0.4, 0.5) is 17.5 Å². The second-order valence-corrected chi connectivity index (χ2v) is 10.4. The Morgan fingerprint density at radius 3 is 2.84 bits per heavy atom. The molecule has 10 nitrogen and oxygen atoms in total. The average molecular weight is 641 g/mol. The number of carbonyl (C=O) groups excluding carboxylic acids is 1. The molecule has 0 radical (unpaired) electrons. The van der Waals surface area contributed by atoms with Crippen LogP contribution in [0.1, 0.15) is 12.8 Å². The summed E-state index contributed by atoms with van der Waals surface area (Å²) in [7, 11) is 3.48. The van der Waals surface area contributed by atoms with Crippen LogP contribution in [0.5, 0.6) is 5.75 Å². The molecule has 12 heteroatoms. The highest BCUT2D eigenvalue weighted by Crippen LogP contribution is 2.28. The number of amides is 1. The molecule has 2 aromatic heterocycles. The third-order valence-electron chi connectivity index (χ3n) is 6.06. The molecule has 0 aliphatic carbocycles. The van der Waals surface area contributed by atoms with E-state index in [1.807, 2.05) is 30.1 Å². The second kappa shape index (κ2) is 12.7. The van der Waals surface area contributed by atoms with Gasteiger partial charge in [0.1, 0.15) is 5.02 Å². The molecule has 1 aromatic carbocycles. The Balaban J connectivity index is 1.64. The number of halogens is 2. The van der Waals surface area contributed by atoms with Crippen LogP contribution in [0, 0.1) is 5.92 Å². The number of benzene rings is 1. The number of likely N-dealkylation sites (N-methyl/N-ethyl adjacent to an activating group) is 1. The summed E-state index contributed by atoms with van der Waals surface area (Å²) >= 11 is 8.78. The maximum absolute atomic E-state index is 13.2. The first-order valence-electron chi connectivity index (χ1n) is 12.0. The SMILES string of the molecule is CNC(=O)COc1cc2cc(Nc3nc(N(C)CCCCI)ncc3Cl)ccc2n(CC2COC2)c1=O. The number of anilines is 3. The van der Waals surface area contributed by atoms with Crippen molar-refractivity contribution in [2.45, 2.75) is 19.4 Å². The summed E-state index contributed by atoms with van der Waals surface area (Å²) in [5.41, 5.74) is 1.22. The smallest absolute Gasteiger partial charge is 0.293 e. The number of hydrogen-bond acceptors (Lipinski definition) is 8. The highest BCUT2D eigenvalue weighted by Gasteiger charge is 2.22. The first-order chi connectivity index (χ1) is 17.9. The molecule has 0 spiro atoms. The summed E-state index contributed by atoms with van der Waals surface area (Å²) in [5.74, 6) is 1.12. The molecule has 0 saturated carbocycles. The van der Waals surface area contributed by atoms with Crippen molar-refractivity contribution in [1.29, 1.82) is 0 Å². The number of unbranched alkanes of at least 4 members (excludes halogenated alkanes) is 1. The maximum atomic E-state index is 13.2. The van der Waals surface area contributed by atoms with Crippen molar-refractivity contribution in [3.63, 3.8) is 0 Å². The van der Waals surface area contributed by atoms with Crippen LogP contribution in [0.2, 0.25) is 5.02 Å². The van der Waals surface area contributed by atoms with Crippen LogP contribution in [-0.2, 0) is 16.1 Å². The van der Waals surface area contributed by atoms with Gasteiger partial charge in [-0.15, -0.1) is 0 Å². The van der Waals surface area contributed by atoms with E-state index in [1.54, 1.807) is 16.8 Å². The molecule has 198 valence electrons. The summed E-state index contributed by atoms with van der Waals surface area (Å²) in [6, 6.07) is 7.32. The maximum Gasteiger partial charge on any atom is 0.293 e. The minimum absolute atomic E-state index is 0.115. The largest absolute Gasteiger partial charge is 0.478 e. The lowest BCUT2D eigenvalue weighted by molar-refractivity contribution is -0.122. The molecule has 3 aromatic rings. The summed E-state index contributed by atoms with van der Waals surface area (Å²) < 4.78 is 13.7. The highest BCUT2D eigenvalue weighted by molar-refractivity contribution is 14.1. The number of carbonyl (C=O) groups is 1. The van der Waals surface area contributed by atoms with Crippen molar-refractivity contribution in [3.05, 3.63) is 45.8 Å². The Labute approximate surface area is 233 Å². The van der Waals surface area contributed by atoms with Gasteiger partial charge in [0.15, 0.2) is 18.2 Å². The van der Waals surface area contributed by atoms with Gasteiger partial charge in [0.25, 0.3) is 11.5 Å². The number of pyridine rings is 1. The zero-order chi connectivity index (χ0) is 26.4. The van der Waals surface area contributed by atoms with Crippen LogP contribution < -0.4 is 25.8 Å². The topological polar surface area (TPSA) is 111 Å². The molecule has 1 aliphatic rings. The first kappa shape index (κ1) is 27.4. The number of ether oxygens (including phenoxy) is 2. The number of aromatic nitrogens is 3. The van der Waals surface area contributed by atoms with E-state index < -0.39 is 0 Å². The monoisotopic (exact) mass is 640 g/mol.